The zero-order chi connectivity index (χ0) is 20.9. The van der Waals surface area contributed by atoms with Crippen LogP contribution in [0.1, 0.15) is 78.6 Å². The molecule has 1 aromatic carbocycles. The standard InChI is InChI=1S/C27H39NO2/c1-4-18-11-13-22-21-12-10-19-16-25(29)24(28-30-20-8-6-5-7-9-20)17-27(19,3)23(21)14-15-26(18,22)2/h5-9,18-19,21-24,28H,4,10-17H2,1-3H3/t18-,19+,21-,22+,23-,24+,26+,27-/m0/s1. The van der Waals surface area contributed by atoms with E-state index in [1.54, 1.807) is 0 Å². The molecule has 164 valence electrons. The molecule has 0 aromatic heterocycles. The Bertz CT molecular complexity index is 778. The average Bonchev–Trinajstić information content (AvgIpc) is 3.10. The molecule has 30 heavy (non-hydrogen) atoms. The van der Waals surface area contributed by atoms with E-state index in [1.807, 2.05) is 30.3 Å². The van der Waals surface area contributed by atoms with E-state index in [0.717, 1.165) is 42.3 Å². The number of para-hydroxylation sites is 1. The van der Waals surface area contributed by atoms with E-state index in [4.69, 9.17) is 4.84 Å². The highest BCUT2D eigenvalue weighted by atomic mass is 16.6. The van der Waals surface area contributed by atoms with Crippen molar-refractivity contribution in [3.8, 4) is 5.75 Å². The molecule has 0 spiro atoms. The Morgan fingerprint density at radius 2 is 1.77 bits per heavy atom. The summed E-state index contributed by atoms with van der Waals surface area (Å²) < 4.78 is 0. The number of benzene rings is 1. The number of rotatable bonds is 4. The average molecular weight is 410 g/mol. The predicted molar refractivity (Wildman–Crippen MR) is 120 cm³/mol. The number of hydrogen-bond donors (Lipinski definition) is 1. The zero-order valence-electron chi connectivity index (χ0n) is 19.0. The maximum Gasteiger partial charge on any atom is 0.153 e. The number of ketones is 1. The van der Waals surface area contributed by atoms with Crippen molar-refractivity contribution >= 4 is 5.78 Å². The smallest absolute Gasteiger partial charge is 0.153 e. The van der Waals surface area contributed by atoms with E-state index in [1.165, 1.54) is 44.9 Å². The summed E-state index contributed by atoms with van der Waals surface area (Å²) >= 11 is 0. The molecule has 3 heteroatoms. The van der Waals surface area contributed by atoms with Crippen LogP contribution >= 0.6 is 0 Å². The molecule has 4 aliphatic rings. The van der Waals surface area contributed by atoms with Gasteiger partial charge in [0.2, 0.25) is 0 Å². The highest BCUT2D eigenvalue weighted by molar-refractivity contribution is 5.85. The lowest BCUT2D eigenvalue weighted by atomic mass is 9.44. The third kappa shape index (κ3) is 3.15. The number of nitrogens with one attached hydrogen (secondary N) is 1. The Morgan fingerprint density at radius 3 is 2.53 bits per heavy atom. The molecule has 4 aliphatic carbocycles. The van der Waals surface area contributed by atoms with Gasteiger partial charge in [0.25, 0.3) is 0 Å². The van der Waals surface area contributed by atoms with Crippen LogP contribution in [0.5, 0.6) is 5.75 Å². The fourth-order valence-electron chi connectivity index (χ4n) is 8.64. The van der Waals surface area contributed by atoms with Crippen LogP contribution in [0.15, 0.2) is 30.3 Å². The van der Waals surface area contributed by atoms with Gasteiger partial charge in [-0.25, -0.2) is 0 Å². The second-order valence-corrected chi connectivity index (χ2v) is 11.3. The number of Topliss-reactive ketones (excluding diaryl/α,β-unsaturated/α-hetero) is 1. The summed E-state index contributed by atoms with van der Waals surface area (Å²) in [4.78, 5) is 18.8. The van der Waals surface area contributed by atoms with Gasteiger partial charge in [-0.3, -0.25) is 4.79 Å². The second-order valence-electron chi connectivity index (χ2n) is 11.3. The third-order valence-electron chi connectivity index (χ3n) is 10.3. The number of hydrogen-bond acceptors (Lipinski definition) is 3. The SMILES string of the molecule is CC[C@H]1CC[C@@H]2[C@@H]3CC[C@@H]4CC(=O)[C@H](NOc5ccccc5)C[C@]4(C)[C@H]3CC[C@]12C. The Morgan fingerprint density at radius 1 is 1.00 bits per heavy atom. The lowest BCUT2D eigenvalue weighted by molar-refractivity contribution is -0.147. The molecule has 0 aliphatic heterocycles. The van der Waals surface area contributed by atoms with E-state index in [-0.39, 0.29) is 11.5 Å². The number of carbonyl (C=O) groups excluding carboxylic acids is 1. The Labute approximate surface area is 182 Å². The van der Waals surface area contributed by atoms with Crippen LogP contribution in [0.25, 0.3) is 0 Å². The molecule has 5 rings (SSSR count). The first-order valence-electron chi connectivity index (χ1n) is 12.5. The molecular weight excluding hydrogens is 370 g/mol. The van der Waals surface area contributed by atoms with Crippen molar-refractivity contribution in [2.24, 2.45) is 40.4 Å². The minimum atomic E-state index is -0.175. The van der Waals surface area contributed by atoms with Crippen molar-refractivity contribution in [3.63, 3.8) is 0 Å². The van der Waals surface area contributed by atoms with Crippen LogP contribution in [0.4, 0.5) is 0 Å². The normalized spacial score (nSPS) is 45.4. The number of carbonyl (C=O) groups is 1. The van der Waals surface area contributed by atoms with E-state index in [2.05, 4.69) is 26.3 Å². The van der Waals surface area contributed by atoms with Gasteiger partial charge < -0.3 is 4.84 Å². The summed E-state index contributed by atoms with van der Waals surface area (Å²) in [5.74, 6) is 5.17. The highest BCUT2D eigenvalue weighted by Gasteiger charge is 2.60. The van der Waals surface area contributed by atoms with E-state index < -0.39 is 0 Å². The maximum atomic E-state index is 12.9. The third-order valence-corrected chi connectivity index (χ3v) is 10.3. The van der Waals surface area contributed by atoms with Gasteiger partial charge in [0.05, 0.1) is 0 Å². The van der Waals surface area contributed by atoms with Crippen LogP contribution in [0.3, 0.4) is 0 Å². The van der Waals surface area contributed by atoms with Crippen molar-refractivity contribution < 1.29 is 9.63 Å². The van der Waals surface area contributed by atoms with Gasteiger partial charge in [-0.1, -0.05) is 45.4 Å². The van der Waals surface area contributed by atoms with Gasteiger partial charge in [-0.2, -0.15) is 0 Å². The molecule has 4 saturated carbocycles. The van der Waals surface area contributed by atoms with Crippen molar-refractivity contribution in [3.05, 3.63) is 30.3 Å². The first kappa shape index (κ1) is 20.5. The molecule has 0 amide bonds. The molecule has 0 heterocycles. The highest BCUT2D eigenvalue weighted by Crippen LogP contribution is 2.67. The topological polar surface area (TPSA) is 38.3 Å². The Hall–Kier alpha value is -1.35. The second kappa shape index (κ2) is 7.65. The fourth-order valence-corrected chi connectivity index (χ4v) is 8.64. The van der Waals surface area contributed by atoms with Gasteiger partial charge in [0.1, 0.15) is 11.8 Å². The summed E-state index contributed by atoms with van der Waals surface area (Å²) in [6.45, 7) is 7.54. The molecule has 1 N–H and O–H groups in total. The van der Waals surface area contributed by atoms with Crippen LogP contribution < -0.4 is 10.3 Å². The molecule has 4 fully saturated rings. The molecule has 0 bridgehead atoms. The molecule has 8 atom stereocenters. The summed E-state index contributed by atoms with van der Waals surface area (Å²) in [5, 5.41) is 0. The van der Waals surface area contributed by atoms with Gasteiger partial charge in [0, 0.05) is 6.42 Å². The van der Waals surface area contributed by atoms with Crippen LogP contribution in [0, 0.1) is 40.4 Å². The first-order valence-corrected chi connectivity index (χ1v) is 12.5. The molecule has 0 radical (unpaired) electrons. The quantitative estimate of drug-likeness (QED) is 0.603. The van der Waals surface area contributed by atoms with Gasteiger partial charge in [-0.05, 0) is 97.5 Å². The fraction of sp³-hybridized carbons (Fsp3) is 0.741. The Balaban J connectivity index is 1.34. The van der Waals surface area contributed by atoms with Gasteiger partial charge in [-0.15, -0.1) is 5.48 Å². The van der Waals surface area contributed by atoms with Crippen molar-refractivity contribution in [2.75, 3.05) is 0 Å². The van der Waals surface area contributed by atoms with Crippen molar-refractivity contribution in [1.82, 2.24) is 5.48 Å². The zero-order valence-corrected chi connectivity index (χ0v) is 19.0. The van der Waals surface area contributed by atoms with E-state index >= 15 is 0 Å². The predicted octanol–water partition coefficient (Wildman–Crippen LogP) is 6.19. The summed E-state index contributed by atoms with van der Waals surface area (Å²) in [5.41, 5.74) is 3.99. The van der Waals surface area contributed by atoms with Crippen LogP contribution in [-0.4, -0.2) is 11.8 Å². The van der Waals surface area contributed by atoms with Crippen molar-refractivity contribution in [1.29, 1.82) is 0 Å². The van der Waals surface area contributed by atoms with Crippen LogP contribution in [-0.2, 0) is 4.79 Å². The number of fused-ring (bicyclic) bond motifs is 5. The molecule has 0 saturated heterocycles. The lowest BCUT2D eigenvalue weighted by Crippen LogP contribution is -2.58. The molecule has 0 unspecified atom stereocenters. The maximum absolute atomic E-state index is 12.9. The van der Waals surface area contributed by atoms with Gasteiger partial charge >= 0.3 is 0 Å². The molecule has 3 nitrogen and oxygen atoms in total. The lowest BCUT2D eigenvalue weighted by Gasteiger charge is -2.61. The monoisotopic (exact) mass is 409 g/mol. The first-order chi connectivity index (χ1) is 14.5. The summed E-state index contributed by atoms with van der Waals surface area (Å²) in [6, 6.07) is 9.61. The minimum Gasteiger partial charge on any atom is -0.408 e. The Kier molecular flexibility index (Phi) is 5.24. The van der Waals surface area contributed by atoms with Crippen molar-refractivity contribution in [2.45, 2.75) is 84.6 Å². The molecular formula is C27H39NO2. The minimum absolute atomic E-state index is 0.175. The van der Waals surface area contributed by atoms with Gasteiger partial charge in [0.15, 0.2) is 5.78 Å². The number of hydroxylamine groups is 1. The summed E-state index contributed by atoms with van der Waals surface area (Å²) in [6.07, 6.45) is 11.3. The van der Waals surface area contributed by atoms with Crippen LogP contribution in [0.2, 0.25) is 0 Å². The summed E-state index contributed by atoms with van der Waals surface area (Å²) in [7, 11) is 0. The largest absolute Gasteiger partial charge is 0.408 e. The molecule has 1 aromatic rings. The van der Waals surface area contributed by atoms with E-state index in [9.17, 15) is 4.79 Å². The van der Waals surface area contributed by atoms with E-state index in [0.29, 0.717) is 17.1 Å².